The van der Waals surface area contributed by atoms with Gasteiger partial charge in [-0.3, -0.25) is 19.3 Å². The minimum Gasteiger partial charge on any atom is -0.481 e. The molecular weight excluding hydrogens is 656 g/mol. The van der Waals surface area contributed by atoms with Crippen molar-refractivity contribution in [3.8, 4) is 0 Å². The van der Waals surface area contributed by atoms with E-state index in [9.17, 15) is 29.7 Å². The summed E-state index contributed by atoms with van der Waals surface area (Å²) in [6.07, 6.45) is 1.09. The highest BCUT2D eigenvalue weighted by Crippen LogP contribution is 2.28. The Morgan fingerprint density at radius 2 is 0.923 bits per heavy atom. The lowest BCUT2D eigenvalue weighted by Gasteiger charge is -2.25. The molecule has 0 unspecified atom stereocenters. The highest BCUT2D eigenvalue weighted by molar-refractivity contribution is 5.72. The summed E-state index contributed by atoms with van der Waals surface area (Å²) in [5, 5.41) is 40.1. The summed E-state index contributed by atoms with van der Waals surface area (Å²) in [7, 11) is 0. The molecule has 3 saturated heterocycles. The Hall–Kier alpha value is -4.09. The van der Waals surface area contributed by atoms with E-state index in [1.165, 1.54) is 0 Å². The van der Waals surface area contributed by atoms with Crippen LogP contribution in [0.1, 0.15) is 55.4 Å². The van der Waals surface area contributed by atoms with Gasteiger partial charge in [-0.05, 0) is 129 Å². The fourth-order valence-corrected chi connectivity index (χ4v) is 8.39. The first-order valence-electron chi connectivity index (χ1n) is 19.8. The van der Waals surface area contributed by atoms with Gasteiger partial charge in [-0.25, -0.2) is 0 Å². The van der Waals surface area contributed by atoms with Crippen molar-refractivity contribution in [2.75, 3.05) is 39.3 Å². The van der Waals surface area contributed by atoms with Gasteiger partial charge in [0.05, 0.1) is 17.8 Å². The van der Waals surface area contributed by atoms with Crippen LogP contribution in [0.15, 0.2) is 72.8 Å². The number of rotatable bonds is 18. The Morgan fingerprint density at radius 3 is 1.29 bits per heavy atom. The van der Waals surface area contributed by atoms with Gasteiger partial charge >= 0.3 is 17.9 Å². The van der Waals surface area contributed by atoms with E-state index < -0.39 is 42.0 Å². The first-order valence-corrected chi connectivity index (χ1v) is 18.8. The van der Waals surface area contributed by atoms with E-state index in [2.05, 4.69) is 33.0 Å². The third kappa shape index (κ3) is 10.3. The lowest BCUT2D eigenvalue weighted by molar-refractivity contribution is -0.144. The molecule has 10 nitrogen and oxygen atoms in total. The van der Waals surface area contributed by atoms with Gasteiger partial charge < -0.3 is 31.3 Å². The van der Waals surface area contributed by atoms with Gasteiger partial charge in [0.2, 0.25) is 0 Å². The van der Waals surface area contributed by atoms with E-state index in [-0.39, 0.29) is 17.8 Å². The molecule has 278 valence electrons. The summed E-state index contributed by atoms with van der Waals surface area (Å²) in [5.41, 5.74) is 5.14. The molecule has 3 aliphatic heterocycles. The Labute approximate surface area is 309 Å². The molecule has 3 aromatic rings. The highest BCUT2D eigenvalue weighted by Gasteiger charge is 2.33. The zero-order valence-corrected chi connectivity index (χ0v) is 29.8. The van der Waals surface area contributed by atoms with Gasteiger partial charge in [0.1, 0.15) is 0 Å². The van der Waals surface area contributed by atoms with Crippen molar-refractivity contribution in [3.63, 3.8) is 0 Å². The fraction of sp³-hybridized carbons (Fsp3) is 0.500. The molecular formula is C42H54N4O6. The van der Waals surface area contributed by atoms with Crippen molar-refractivity contribution < 1.29 is 32.4 Å². The van der Waals surface area contributed by atoms with Gasteiger partial charge in [-0.2, -0.15) is 0 Å². The number of hydrogen-bond acceptors (Lipinski definition) is 7. The average molecular weight is 713 g/mol. The number of carbonyl (C=O) groups is 3. The smallest absolute Gasteiger partial charge is 0.307 e. The third-order valence-corrected chi connectivity index (χ3v) is 11.2. The van der Waals surface area contributed by atoms with Crippen molar-refractivity contribution in [1.82, 2.24) is 20.9 Å². The number of carboxylic acid groups (broad SMARTS) is 3. The zero-order valence-electron chi connectivity index (χ0n) is 31.8. The van der Waals surface area contributed by atoms with Crippen molar-refractivity contribution in [3.05, 3.63) is 106 Å². The number of carboxylic acids is 3. The molecule has 52 heavy (non-hydrogen) atoms. The maximum absolute atomic E-state index is 12.4. The van der Waals surface area contributed by atoms with Crippen molar-refractivity contribution in [2.45, 2.75) is 58.1 Å². The molecule has 0 bridgehead atoms. The Bertz CT molecular complexity index is 1670. The predicted octanol–water partition coefficient (Wildman–Crippen LogP) is 4.45. The SMILES string of the molecule is [2H]C([2H])(c1cccc(CN(Cc2cccc(C[C@H](C(=O)O)[C@H]3CCNC3)c2)Cc2cccc(C[C@H](C(=O)O)[C@H]3CCNC3)c2)c1)[C@H](C(=O)O)[C@H]1CCNC1. The summed E-state index contributed by atoms with van der Waals surface area (Å²) in [6.45, 7) is 5.70. The van der Waals surface area contributed by atoms with Gasteiger partial charge in [0.15, 0.2) is 0 Å². The van der Waals surface area contributed by atoms with Crippen molar-refractivity contribution in [2.24, 2.45) is 35.5 Å². The van der Waals surface area contributed by atoms with Crippen LogP contribution in [0.2, 0.25) is 0 Å². The Balaban J connectivity index is 1.26. The number of nitrogens with zero attached hydrogens (tertiary/aromatic N) is 1. The maximum atomic E-state index is 12.4. The van der Waals surface area contributed by atoms with Crippen LogP contribution in [0, 0.1) is 35.5 Å². The van der Waals surface area contributed by atoms with E-state index in [1.807, 2.05) is 42.5 Å². The van der Waals surface area contributed by atoms with Crippen LogP contribution in [-0.4, -0.2) is 77.4 Å². The molecule has 0 spiro atoms. The second-order valence-corrected chi connectivity index (χ2v) is 15.0. The van der Waals surface area contributed by atoms with Crippen molar-refractivity contribution in [1.29, 1.82) is 0 Å². The number of nitrogens with one attached hydrogen (secondary N) is 3. The first kappa shape index (κ1) is 35.0. The summed E-state index contributed by atoms with van der Waals surface area (Å²) in [5.74, 6) is -4.98. The van der Waals surface area contributed by atoms with Crippen molar-refractivity contribution >= 4 is 17.9 Å². The molecule has 3 fully saturated rings. The van der Waals surface area contributed by atoms with E-state index in [4.69, 9.17) is 2.74 Å². The molecule has 6 atom stereocenters. The van der Waals surface area contributed by atoms with Gasteiger partial charge in [-0.1, -0.05) is 72.8 Å². The molecule has 6 N–H and O–H groups in total. The Morgan fingerprint density at radius 1 is 0.577 bits per heavy atom. The van der Waals surface area contributed by atoms with Crippen LogP contribution in [0.5, 0.6) is 0 Å². The van der Waals surface area contributed by atoms with Crippen LogP contribution in [-0.2, 0) is 53.2 Å². The van der Waals surface area contributed by atoms with E-state index in [0.29, 0.717) is 70.6 Å². The topological polar surface area (TPSA) is 151 Å². The molecule has 0 aliphatic carbocycles. The lowest BCUT2D eigenvalue weighted by atomic mass is 9.85. The monoisotopic (exact) mass is 712 g/mol. The molecule has 10 heteroatoms. The van der Waals surface area contributed by atoms with Crippen LogP contribution in [0.4, 0.5) is 0 Å². The summed E-state index contributed by atoms with van der Waals surface area (Å²) in [4.78, 5) is 39.3. The first-order chi connectivity index (χ1) is 26.0. The second-order valence-electron chi connectivity index (χ2n) is 15.0. The van der Waals surface area contributed by atoms with Crippen LogP contribution in [0.25, 0.3) is 0 Å². The fourth-order valence-electron chi connectivity index (χ4n) is 8.39. The molecule has 0 radical (unpaired) electrons. The van der Waals surface area contributed by atoms with E-state index >= 15 is 0 Å². The molecule has 0 amide bonds. The van der Waals surface area contributed by atoms with E-state index in [1.54, 1.807) is 18.2 Å². The van der Waals surface area contributed by atoms with Crippen LogP contribution >= 0.6 is 0 Å². The molecule has 3 heterocycles. The minimum atomic E-state index is -2.09. The molecule has 6 rings (SSSR count). The third-order valence-electron chi connectivity index (χ3n) is 11.2. The zero-order chi connectivity index (χ0) is 38.2. The summed E-state index contributed by atoms with van der Waals surface area (Å²) >= 11 is 0. The lowest BCUT2D eigenvalue weighted by Crippen LogP contribution is -2.28. The number of hydrogen-bond donors (Lipinski definition) is 6. The number of benzene rings is 3. The summed E-state index contributed by atoms with van der Waals surface area (Å²) < 4.78 is 18.1. The van der Waals surface area contributed by atoms with Gasteiger partial charge in [0.25, 0.3) is 0 Å². The van der Waals surface area contributed by atoms with Crippen LogP contribution < -0.4 is 16.0 Å². The van der Waals surface area contributed by atoms with Gasteiger partial charge in [0, 0.05) is 22.4 Å². The second kappa shape index (κ2) is 18.1. The van der Waals surface area contributed by atoms with E-state index in [0.717, 1.165) is 53.7 Å². The molecule has 3 aromatic carbocycles. The normalized spacial score (nSPS) is 22.8. The highest BCUT2D eigenvalue weighted by atomic mass is 16.4. The quantitative estimate of drug-likeness (QED) is 0.112. The largest absolute Gasteiger partial charge is 0.481 e. The summed E-state index contributed by atoms with van der Waals surface area (Å²) in [6, 6.07) is 23.3. The average Bonchev–Trinajstić information content (AvgIpc) is 3.95. The standard InChI is InChI=1S/C42H54N4O6/c47-40(48)37(34-10-13-43-22-34)19-28-4-1-7-31(16-28)25-46(26-32-8-2-5-29(17-32)20-38(41(49)50)35-11-14-44-23-35)27-33-9-3-6-30(18-33)21-39(42(51)52)36-12-15-45-24-36/h1-9,16-18,34-39,43-45H,10-15,19-27H2,(H,47,48)(H,49,50)(H,51,52)/t34-,35-,36-,37-,38-,39-/m0/s1/i19D2. The van der Waals surface area contributed by atoms with Crippen LogP contribution in [0.3, 0.4) is 0 Å². The number of aliphatic carboxylic acids is 3. The van der Waals surface area contributed by atoms with Gasteiger partial charge in [-0.15, -0.1) is 0 Å². The Kier molecular flexibility index (Phi) is 12.2. The molecule has 0 saturated carbocycles. The maximum Gasteiger partial charge on any atom is 0.307 e. The minimum absolute atomic E-state index is 0.0831. The predicted molar refractivity (Wildman–Crippen MR) is 200 cm³/mol. The molecule has 0 aromatic heterocycles. The molecule has 3 aliphatic rings.